The monoisotopic (exact) mass is 362 g/mol. The SMILES string of the molecule is CCCN(CC(=O)O)Cc1ccc(C(=O)Nc2ccccc2)cc1.Cl. The molecule has 0 radical (unpaired) electrons. The molecule has 0 aromatic heterocycles. The lowest BCUT2D eigenvalue weighted by atomic mass is 10.1. The first kappa shape index (κ1) is 20.7. The number of nitrogens with one attached hydrogen (secondary N) is 1. The van der Waals surface area contributed by atoms with Crippen molar-refractivity contribution in [2.24, 2.45) is 0 Å². The molecule has 0 aliphatic carbocycles. The Labute approximate surface area is 154 Å². The molecular formula is C19H23ClN2O3. The summed E-state index contributed by atoms with van der Waals surface area (Å²) in [5, 5.41) is 11.8. The van der Waals surface area contributed by atoms with E-state index in [1.54, 1.807) is 12.1 Å². The van der Waals surface area contributed by atoms with Gasteiger partial charge >= 0.3 is 5.97 Å². The van der Waals surface area contributed by atoms with Gasteiger partial charge in [0.2, 0.25) is 0 Å². The van der Waals surface area contributed by atoms with Crippen molar-refractivity contribution >= 4 is 30.0 Å². The van der Waals surface area contributed by atoms with Crippen molar-refractivity contribution < 1.29 is 14.7 Å². The molecule has 1 amide bonds. The fourth-order valence-corrected chi connectivity index (χ4v) is 2.47. The quantitative estimate of drug-likeness (QED) is 0.752. The van der Waals surface area contributed by atoms with E-state index in [4.69, 9.17) is 5.11 Å². The van der Waals surface area contributed by atoms with Gasteiger partial charge in [-0.15, -0.1) is 12.4 Å². The zero-order chi connectivity index (χ0) is 17.4. The standard InChI is InChI=1S/C19H22N2O3.ClH/c1-2-12-21(14-18(22)23)13-15-8-10-16(11-9-15)19(24)20-17-6-4-3-5-7-17;/h3-11H,2,12-14H2,1H3,(H,20,24)(H,22,23);1H. The number of carboxylic acids is 1. The van der Waals surface area contributed by atoms with Gasteiger partial charge in [0.15, 0.2) is 0 Å². The second-order valence-corrected chi connectivity index (χ2v) is 5.62. The van der Waals surface area contributed by atoms with E-state index in [9.17, 15) is 9.59 Å². The lowest BCUT2D eigenvalue weighted by Gasteiger charge is -2.19. The number of nitrogens with zero attached hydrogens (tertiary/aromatic N) is 1. The van der Waals surface area contributed by atoms with E-state index in [2.05, 4.69) is 5.32 Å². The van der Waals surface area contributed by atoms with Crippen LogP contribution in [0.4, 0.5) is 5.69 Å². The fourth-order valence-electron chi connectivity index (χ4n) is 2.47. The largest absolute Gasteiger partial charge is 0.480 e. The molecule has 25 heavy (non-hydrogen) atoms. The summed E-state index contributed by atoms with van der Waals surface area (Å²) in [5.41, 5.74) is 2.31. The van der Waals surface area contributed by atoms with E-state index >= 15 is 0 Å². The molecule has 0 aliphatic heterocycles. The van der Waals surface area contributed by atoms with Crippen LogP contribution < -0.4 is 5.32 Å². The Morgan fingerprint density at radius 3 is 2.24 bits per heavy atom. The first-order valence-electron chi connectivity index (χ1n) is 7.98. The van der Waals surface area contributed by atoms with Crippen molar-refractivity contribution in [1.82, 2.24) is 4.90 Å². The molecule has 0 heterocycles. The first-order valence-corrected chi connectivity index (χ1v) is 7.98. The van der Waals surface area contributed by atoms with Crippen LogP contribution in [0.3, 0.4) is 0 Å². The molecule has 0 bridgehead atoms. The van der Waals surface area contributed by atoms with E-state index < -0.39 is 5.97 Å². The number of amides is 1. The second-order valence-electron chi connectivity index (χ2n) is 5.62. The average Bonchev–Trinajstić information content (AvgIpc) is 2.56. The summed E-state index contributed by atoms with van der Waals surface area (Å²) >= 11 is 0. The van der Waals surface area contributed by atoms with Crippen molar-refractivity contribution in [1.29, 1.82) is 0 Å². The summed E-state index contributed by atoms with van der Waals surface area (Å²) in [6.45, 7) is 3.32. The number of para-hydroxylation sites is 1. The summed E-state index contributed by atoms with van der Waals surface area (Å²) in [6.07, 6.45) is 0.894. The van der Waals surface area contributed by atoms with Crippen LogP contribution in [0.1, 0.15) is 29.3 Å². The molecule has 0 spiro atoms. The Balaban J connectivity index is 0.00000312. The summed E-state index contributed by atoms with van der Waals surface area (Å²) in [4.78, 5) is 25.0. The van der Waals surface area contributed by atoms with E-state index in [1.165, 1.54) is 0 Å². The van der Waals surface area contributed by atoms with Crippen LogP contribution in [0.25, 0.3) is 0 Å². The Bertz CT molecular complexity index is 675. The smallest absolute Gasteiger partial charge is 0.317 e. The Morgan fingerprint density at radius 1 is 1.04 bits per heavy atom. The van der Waals surface area contributed by atoms with Gasteiger partial charge in [0.1, 0.15) is 0 Å². The highest BCUT2D eigenvalue weighted by Gasteiger charge is 2.10. The maximum Gasteiger partial charge on any atom is 0.317 e. The minimum absolute atomic E-state index is 0. The Morgan fingerprint density at radius 2 is 1.68 bits per heavy atom. The molecule has 6 heteroatoms. The summed E-state index contributed by atoms with van der Waals surface area (Å²) in [5.74, 6) is -0.994. The van der Waals surface area contributed by atoms with E-state index in [1.807, 2.05) is 54.3 Å². The van der Waals surface area contributed by atoms with Gasteiger partial charge in [-0.3, -0.25) is 14.5 Å². The van der Waals surface area contributed by atoms with E-state index in [0.29, 0.717) is 12.1 Å². The number of carboxylic acid groups (broad SMARTS) is 1. The normalized spacial score (nSPS) is 10.2. The van der Waals surface area contributed by atoms with Crippen LogP contribution >= 0.6 is 12.4 Å². The van der Waals surface area contributed by atoms with Gasteiger partial charge in [0, 0.05) is 17.8 Å². The Kier molecular flexibility index (Phi) is 8.67. The molecule has 0 atom stereocenters. The predicted molar refractivity (Wildman–Crippen MR) is 101 cm³/mol. The third-order valence-corrected chi connectivity index (χ3v) is 3.55. The average molecular weight is 363 g/mol. The van der Waals surface area contributed by atoms with Gasteiger partial charge in [0.25, 0.3) is 5.91 Å². The number of aliphatic carboxylic acids is 1. The van der Waals surface area contributed by atoms with Crippen molar-refractivity contribution in [2.75, 3.05) is 18.4 Å². The topological polar surface area (TPSA) is 69.6 Å². The van der Waals surface area contributed by atoms with Crippen molar-refractivity contribution in [3.63, 3.8) is 0 Å². The number of hydrogen-bond donors (Lipinski definition) is 2. The first-order chi connectivity index (χ1) is 11.6. The maximum absolute atomic E-state index is 12.2. The molecule has 0 fully saturated rings. The van der Waals surface area contributed by atoms with Crippen LogP contribution in [0, 0.1) is 0 Å². The highest BCUT2D eigenvalue weighted by Crippen LogP contribution is 2.11. The lowest BCUT2D eigenvalue weighted by Crippen LogP contribution is -2.30. The molecule has 0 saturated carbocycles. The number of hydrogen-bond acceptors (Lipinski definition) is 3. The van der Waals surface area contributed by atoms with Crippen LogP contribution in [0.5, 0.6) is 0 Å². The molecule has 0 aliphatic rings. The molecule has 134 valence electrons. The maximum atomic E-state index is 12.2. The number of halogens is 1. The van der Waals surface area contributed by atoms with Gasteiger partial charge in [0.05, 0.1) is 6.54 Å². The van der Waals surface area contributed by atoms with Crippen LogP contribution in [-0.2, 0) is 11.3 Å². The predicted octanol–water partition coefficient (Wildman–Crippen LogP) is 3.66. The van der Waals surface area contributed by atoms with E-state index in [0.717, 1.165) is 24.2 Å². The minimum atomic E-state index is -0.831. The molecule has 2 aromatic carbocycles. The van der Waals surface area contributed by atoms with Crippen LogP contribution in [0.15, 0.2) is 54.6 Å². The van der Waals surface area contributed by atoms with Gasteiger partial charge in [-0.05, 0) is 42.8 Å². The summed E-state index contributed by atoms with van der Waals surface area (Å²) in [7, 11) is 0. The van der Waals surface area contributed by atoms with Crippen molar-refractivity contribution in [3.05, 3.63) is 65.7 Å². The van der Waals surface area contributed by atoms with Gasteiger partial charge in [-0.1, -0.05) is 37.3 Å². The zero-order valence-corrected chi connectivity index (χ0v) is 15.0. The molecule has 2 N–H and O–H groups in total. The number of rotatable bonds is 8. The van der Waals surface area contributed by atoms with Gasteiger partial charge < -0.3 is 10.4 Å². The Hall–Kier alpha value is -2.37. The van der Waals surface area contributed by atoms with Crippen LogP contribution in [-0.4, -0.2) is 35.0 Å². The number of carbonyl (C=O) groups excluding carboxylic acids is 1. The highest BCUT2D eigenvalue weighted by atomic mass is 35.5. The van der Waals surface area contributed by atoms with Gasteiger partial charge in [-0.25, -0.2) is 0 Å². The van der Waals surface area contributed by atoms with Crippen molar-refractivity contribution in [3.8, 4) is 0 Å². The van der Waals surface area contributed by atoms with Crippen molar-refractivity contribution in [2.45, 2.75) is 19.9 Å². The summed E-state index contributed by atoms with van der Waals surface area (Å²) in [6, 6.07) is 16.5. The number of carbonyl (C=O) groups is 2. The molecular weight excluding hydrogens is 340 g/mol. The molecule has 2 aromatic rings. The fraction of sp³-hybridized carbons (Fsp3) is 0.263. The highest BCUT2D eigenvalue weighted by molar-refractivity contribution is 6.04. The third-order valence-electron chi connectivity index (χ3n) is 3.55. The number of anilines is 1. The molecule has 0 unspecified atom stereocenters. The minimum Gasteiger partial charge on any atom is -0.480 e. The van der Waals surface area contributed by atoms with Crippen LogP contribution in [0.2, 0.25) is 0 Å². The number of benzene rings is 2. The van der Waals surface area contributed by atoms with Gasteiger partial charge in [-0.2, -0.15) is 0 Å². The molecule has 0 saturated heterocycles. The second kappa shape index (κ2) is 10.5. The molecule has 5 nitrogen and oxygen atoms in total. The third kappa shape index (κ3) is 6.95. The zero-order valence-electron chi connectivity index (χ0n) is 14.1. The summed E-state index contributed by atoms with van der Waals surface area (Å²) < 4.78 is 0. The van der Waals surface area contributed by atoms with E-state index in [-0.39, 0.29) is 24.9 Å². The molecule has 2 rings (SSSR count). The lowest BCUT2D eigenvalue weighted by molar-refractivity contribution is -0.138.